The SMILES string of the molecule is CC1CC(C)CC(Sc2c(N)cccc2Cl)C1. The third-order valence-corrected chi connectivity index (χ3v) is 5.25. The van der Waals surface area contributed by atoms with Gasteiger partial charge in [-0.15, -0.1) is 11.8 Å². The molecule has 3 heteroatoms. The van der Waals surface area contributed by atoms with E-state index in [4.69, 9.17) is 17.3 Å². The van der Waals surface area contributed by atoms with Crippen LogP contribution >= 0.6 is 23.4 Å². The summed E-state index contributed by atoms with van der Waals surface area (Å²) in [4.78, 5) is 1.07. The van der Waals surface area contributed by atoms with Gasteiger partial charge in [-0.25, -0.2) is 0 Å². The van der Waals surface area contributed by atoms with Crippen molar-refractivity contribution in [2.75, 3.05) is 5.73 Å². The first-order chi connectivity index (χ1) is 8.06. The molecular formula is C14H20ClNS. The summed E-state index contributed by atoms with van der Waals surface area (Å²) in [5, 5.41) is 1.46. The zero-order valence-electron chi connectivity index (χ0n) is 10.4. The van der Waals surface area contributed by atoms with Gasteiger partial charge >= 0.3 is 0 Å². The van der Waals surface area contributed by atoms with E-state index in [0.717, 1.165) is 27.4 Å². The molecule has 17 heavy (non-hydrogen) atoms. The Labute approximate surface area is 113 Å². The number of thioether (sulfide) groups is 1. The van der Waals surface area contributed by atoms with E-state index in [9.17, 15) is 0 Å². The predicted octanol–water partition coefficient (Wildman–Crippen LogP) is 4.84. The third kappa shape index (κ3) is 3.32. The number of halogens is 1. The summed E-state index contributed by atoms with van der Waals surface area (Å²) < 4.78 is 0. The van der Waals surface area contributed by atoms with Crippen molar-refractivity contribution in [2.45, 2.75) is 43.3 Å². The summed E-state index contributed by atoms with van der Waals surface area (Å²) in [5.74, 6) is 1.64. The van der Waals surface area contributed by atoms with Gasteiger partial charge in [-0.1, -0.05) is 31.5 Å². The van der Waals surface area contributed by atoms with Gasteiger partial charge in [-0.05, 0) is 43.2 Å². The van der Waals surface area contributed by atoms with E-state index in [1.54, 1.807) is 0 Å². The third-order valence-electron chi connectivity index (χ3n) is 3.42. The summed E-state index contributed by atoms with van der Waals surface area (Å²) in [6.07, 6.45) is 3.91. The molecule has 94 valence electrons. The van der Waals surface area contributed by atoms with Crippen LogP contribution in [-0.4, -0.2) is 5.25 Å². The number of nitrogen functional groups attached to an aromatic ring is 1. The minimum atomic E-state index is 0.663. The number of hydrogen-bond donors (Lipinski definition) is 1. The first-order valence-electron chi connectivity index (χ1n) is 6.27. The van der Waals surface area contributed by atoms with Crippen molar-refractivity contribution in [2.24, 2.45) is 11.8 Å². The van der Waals surface area contributed by atoms with Crippen molar-refractivity contribution < 1.29 is 0 Å². The Kier molecular flexibility index (Phi) is 4.26. The Morgan fingerprint density at radius 2 is 1.82 bits per heavy atom. The van der Waals surface area contributed by atoms with Gasteiger partial charge in [0.05, 0.1) is 5.02 Å². The Bertz CT molecular complexity index is 364. The minimum absolute atomic E-state index is 0.663. The normalized spacial score (nSPS) is 29.2. The Morgan fingerprint density at radius 3 is 2.41 bits per heavy atom. The van der Waals surface area contributed by atoms with Crippen molar-refractivity contribution in [3.8, 4) is 0 Å². The highest BCUT2D eigenvalue weighted by Crippen LogP contribution is 2.42. The highest BCUT2D eigenvalue weighted by molar-refractivity contribution is 8.00. The Balaban J connectivity index is 2.10. The molecule has 1 saturated carbocycles. The molecular weight excluding hydrogens is 250 g/mol. The van der Waals surface area contributed by atoms with E-state index in [1.165, 1.54) is 19.3 Å². The van der Waals surface area contributed by atoms with Crippen LogP contribution in [0.3, 0.4) is 0 Å². The zero-order chi connectivity index (χ0) is 12.4. The molecule has 0 radical (unpaired) electrons. The van der Waals surface area contributed by atoms with Gasteiger partial charge in [0.2, 0.25) is 0 Å². The lowest BCUT2D eigenvalue weighted by atomic mass is 9.83. The molecule has 0 aromatic heterocycles. The van der Waals surface area contributed by atoms with Crippen LogP contribution in [0.5, 0.6) is 0 Å². The van der Waals surface area contributed by atoms with E-state index in [1.807, 2.05) is 30.0 Å². The molecule has 0 bridgehead atoms. The van der Waals surface area contributed by atoms with Crippen LogP contribution < -0.4 is 5.73 Å². The average molecular weight is 270 g/mol. The van der Waals surface area contributed by atoms with Gasteiger partial charge in [0.15, 0.2) is 0 Å². The maximum atomic E-state index is 6.22. The van der Waals surface area contributed by atoms with Crippen molar-refractivity contribution in [3.05, 3.63) is 23.2 Å². The molecule has 1 nitrogen and oxygen atoms in total. The molecule has 0 heterocycles. The summed E-state index contributed by atoms with van der Waals surface area (Å²) >= 11 is 8.09. The number of rotatable bonds is 2. The van der Waals surface area contributed by atoms with E-state index in [2.05, 4.69) is 13.8 Å². The average Bonchev–Trinajstić information content (AvgIpc) is 2.22. The lowest BCUT2D eigenvalue weighted by Gasteiger charge is -2.31. The molecule has 1 aliphatic rings. The van der Waals surface area contributed by atoms with Crippen LogP contribution in [0.4, 0.5) is 5.69 Å². The lowest BCUT2D eigenvalue weighted by molar-refractivity contribution is 0.309. The highest BCUT2D eigenvalue weighted by atomic mass is 35.5. The fourth-order valence-electron chi connectivity index (χ4n) is 2.79. The molecule has 1 aromatic carbocycles. The highest BCUT2D eigenvalue weighted by Gasteiger charge is 2.25. The first kappa shape index (κ1) is 13.1. The number of hydrogen-bond acceptors (Lipinski definition) is 2. The second-order valence-electron chi connectivity index (χ2n) is 5.32. The van der Waals surface area contributed by atoms with E-state index in [-0.39, 0.29) is 0 Å². The van der Waals surface area contributed by atoms with Gasteiger partial charge in [-0.2, -0.15) is 0 Å². The Morgan fingerprint density at radius 1 is 1.18 bits per heavy atom. The molecule has 2 N–H and O–H groups in total. The van der Waals surface area contributed by atoms with Gasteiger partial charge < -0.3 is 5.73 Å². The van der Waals surface area contributed by atoms with E-state index < -0.39 is 0 Å². The van der Waals surface area contributed by atoms with Crippen molar-refractivity contribution >= 4 is 29.1 Å². The quantitative estimate of drug-likeness (QED) is 0.778. The molecule has 0 aliphatic heterocycles. The van der Waals surface area contributed by atoms with Crippen LogP contribution in [0.15, 0.2) is 23.1 Å². The van der Waals surface area contributed by atoms with Crippen LogP contribution in [0.2, 0.25) is 5.02 Å². The van der Waals surface area contributed by atoms with Crippen LogP contribution in [0.25, 0.3) is 0 Å². The van der Waals surface area contributed by atoms with Crippen LogP contribution in [-0.2, 0) is 0 Å². The first-order valence-corrected chi connectivity index (χ1v) is 7.52. The fourth-order valence-corrected chi connectivity index (χ4v) is 4.67. The summed E-state index contributed by atoms with van der Waals surface area (Å²) in [6, 6.07) is 5.77. The van der Waals surface area contributed by atoms with Crippen LogP contribution in [0, 0.1) is 11.8 Å². The lowest BCUT2D eigenvalue weighted by Crippen LogP contribution is -2.21. The zero-order valence-corrected chi connectivity index (χ0v) is 12.0. The largest absolute Gasteiger partial charge is 0.398 e. The molecule has 0 spiro atoms. The number of benzene rings is 1. The van der Waals surface area contributed by atoms with E-state index in [0.29, 0.717) is 5.25 Å². The fraction of sp³-hybridized carbons (Fsp3) is 0.571. The number of nitrogens with two attached hydrogens (primary N) is 1. The molecule has 0 saturated heterocycles. The van der Waals surface area contributed by atoms with Gasteiger partial charge in [0.1, 0.15) is 0 Å². The maximum absolute atomic E-state index is 6.22. The summed E-state index contributed by atoms with van der Waals surface area (Å²) in [5.41, 5.74) is 6.82. The molecule has 0 amide bonds. The molecule has 1 aromatic rings. The second kappa shape index (κ2) is 5.53. The minimum Gasteiger partial charge on any atom is -0.398 e. The predicted molar refractivity (Wildman–Crippen MR) is 77.7 cm³/mol. The molecule has 2 atom stereocenters. The molecule has 2 rings (SSSR count). The molecule has 1 fully saturated rings. The molecule has 2 unspecified atom stereocenters. The summed E-state index contributed by atoms with van der Waals surface area (Å²) in [6.45, 7) is 4.69. The smallest absolute Gasteiger partial charge is 0.0562 e. The van der Waals surface area contributed by atoms with Crippen molar-refractivity contribution in [3.63, 3.8) is 0 Å². The maximum Gasteiger partial charge on any atom is 0.0562 e. The number of anilines is 1. The van der Waals surface area contributed by atoms with Gasteiger partial charge in [0.25, 0.3) is 0 Å². The van der Waals surface area contributed by atoms with Crippen molar-refractivity contribution in [1.82, 2.24) is 0 Å². The van der Waals surface area contributed by atoms with Crippen LogP contribution in [0.1, 0.15) is 33.1 Å². The second-order valence-corrected chi connectivity index (χ2v) is 7.03. The van der Waals surface area contributed by atoms with Crippen molar-refractivity contribution in [1.29, 1.82) is 0 Å². The van der Waals surface area contributed by atoms with E-state index >= 15 is 0 Å². The monoisotopic (exact) mass is 269 g/mol. The van der Waals surface area contributed by atoms with Gasteiger partial charge in [-0.3, -0.25) is 0 Å². The topological polar surface area (TPSA) is 26.0 Å². The van der Waals surface area contributed by atoms with Gasteiger partial charge in [0, 0.05) is 15.8 Å². The molecule has 1 aliphatic carbocycles. The Hall–Kier alpha value is -0.340. The standard InChI is InChI=1S/C14H20ClNS/c1-9-6-10(2)8-11(7-9)17-14-12(15)4-3-5-13(14)16/h3-5,9-11H,6-8,16H2,1-2H3. The summed E-state index contributed by atoms with van der Waals surface area (Å²) in [7, 11) is 0.